The number of aromatic nitrogens is 4. The third-order valence-corrected chi connectivity index (χ3v) is 5.10. The van der Waals surface area contributed by atoms with Crippen molar-refractivity contribution >= 4 is 6.03 Å². The van der Waals surface area contributed by atoms with Crippen molar-refractivity contribution in [3.63, 3.8) is 0 Å². The average molecular weight is 503 g/mol. The maximum atomic E-state index is 13.0. The van der Waals surface area contributed by atoms with Gasteiger partial charge < -0.3 is 20.3 Å². The van der Waals surface area contributed by atoms with Gasteiger partial charge in [-0.3, -0.25) is 24.1 Å². The number of hydrogen-bond donors (Lipinski definition) is 5. The smallest absolute Gasteiger partial charge is 0.336 e. The number of unbranched alkanes of at least 4 members (excludes halogenated alkanes) is 3. The Bertz CT molecular complexity index is 1250. The molecule has 0 radical (unpaired) electrons. The number of rotatable bonds is 6. The van der Waals surface area contributed by atoms with Gasteiger partial charge in [-0.25, -0.2) is 19.0 Å². The van der Waals surface area contributed by atoms with E-state index in [9.17, 15) is 43.0 Å². The van der Waals surface area contributed by atoms with Crippen LogP contribution >= 0.6 is 0 Å². The largest absolute Gasteiger partial charge is 0.388 e. The van der Waals surface area contributed by atoms with Gasteiger partial charge in [-0.15, -0.1) is 0 Å². The zero-order valence-electron chi connectivity index (χ0n) is 19.0. The summed E-state index contributed by atoms with van der Waals surface area (Å²) >= 11 is 0. The van der Waals surface area contributed by atoms with Crippen molar-refractivity contribution in [3.8, 4) is 0 Å². The molecule has 15 heteroatoms. The number of carbonyl (C=O) groups excluding carboxylic acids is 1. The van der Waals surface area contributed by atoms with Crippen LogP contribution in [0.15, 0.2) is 31.6 Å². The number of H-pyrrole nitrogens is 2. The second kappa shape index (κ2) is 12.3. The van der Waals surface area contributed by atoms with Crippen LogP contribution in [0.3, 0.4) is 0 Å². The highest BCUT2D eigenvalue weighted by Gasteiger charge is 2.41. The van der Waals surface area contributed by atoms with Crippen molar-refractivity contribution in [2.24, 2.45) is 0 Å². The molecule has 35 heavy (non-hydrogen) atoms. The molecule has 0 spiro atoms. The predicted octanol–water partition coefficient (Wildman–Crippen LogP) is -0.871. The topological polar surface area (TPSA) is 189 Å². The minimum atomic E-state index is -1.37. The van der Waals surface area contributed by atoms with Crippen LogP contribution in [0.1, 0.15) is 45.8 Å². The second-order valence-electron chi connectivity index (χ2n) is 7.76. The van der Waals surface area contributed by atoms with E-state index in [1.807, 2.05) is 0 Å². The number of carbonyl (C=O) groups is 1. The third kappa shape index (κ3) is 7.03. The van der Waals surface area contributed by atoms with Gasteiger partial charge in [0.1, 0.15) is 12.2 Å². The number of aromatic amines is 2. The molecule has 3 heterocycles. The summed E-state index contributed by atoms with van der Waals surface area (Å²) in [5.41, 5.74) is -4.14. The lowest BCUT2D eigenvalue weighted by molar-refractivity contribution is -0.0356. The van der Waals surface area contributed by atoms with Crippen LogP contribution in [0, 0.1) is 11.6 Å². The van der Waals surface area contributed by atoms with Crippen molar-refractivity contribution in [2.45, 2.75) is 64.1 Å². The van der Waals surface area contributed by atoms with Gasteiger partial charge in [0.2, 0.25) is 11.6 Å². The Hall–Kier alpha value is -3.43. The Labute approximate surface area is 196 Å². The fourth-order valence-electron chi connectivity index (χ4n) is 3.14. The highest BCUT2D eigenvalue weighted by Crippen LogP contribution is 2.27. The number of nitrogens with one attached hydrogen (secondary N) is 3. The number of aliphatic hydroxyl groups is 2. The number of halogens is 2. The van der Waals surface area contributed by atoms with Gasteiger partial charge in [-0.1, -0.05) is 26.2 Å². The fourth-order valence-corrected chi connectivity index (χ4v) is 3.14. The SMILES string of the molecule is CCCCCCNC(=O)n1cc(F)c(=O)[nH]c1=O.C[C@H]1O[C@@H](n2cc(F)c(=O)[nH]c2=O)[C@H](O)[C@@H]1O. The predicted molar refractivity (Wildman–Crippen MR) is 117 cm³/mol. The quantitative estimate of drug-likeness (QED) is 0.314. The summed E-state index contributed by atoms with van der Waals surface area (Å²) in [5, 5.41) is 21.6. The van der Waals surface area contributed by atoms with Crippen molar-refractivity contribution in [2.75, 3.05) is 6.54 Å². The summed E-state index contributed by atoms with van der Waals surface area (Å²) in [7, 11) is 0. The molecular formula is C20H27F2N5O8. The van der Waals surface area contributed by atoms with E-state index in [1.54, 1.807) is 9.97 Å². The molecule has 4 atom stereocenters. The molecule has 1 amide bonds. The van der Waals surface area contributed by atoms with Gasteiger partial charge >= 0.3 is 17.4 Å². The number of hydrogen-bond acceptors (Lipinski definition) is 8. The molecule has 1 fully saturated rings. The van der Waals surface area contributed by atoms with E-state index in [2.05, 4.69) is 12.2 Å². The van der Waals surface area contributed by atoms with Crippen molar-refractivity contribution in [3.05, 3.63) is 65.7 Å². The summed E-state index contributed by atoms with van der Waals surface area (Å²) in [4.78, 5) is 59.2. The van der Waals surface area contributed by atoms with Gasteiger partial charge in [0.25, 0.3) is 11.1 Å². The van der Waals surface area contributed by atoms with E-state index in [4.69, 9.17) is 4.74 Å². The number of ether oxygens (including phenoxy) is 1. The molecule has 1 aliphatic heterocycles. The molecule has 1 saturated heterocycles. The minimum Gasteiger partial charge on any atom is -0.388 e. The molecule has 0 aliphatic carbocycles. The average Bonchev–Trinajstić information content (AvgIpc) is 3.06. The Morgan fingerprint density at radius 1 is 1.00 bits per heavy atom. The van der Waals surface area contributed by atoms with E-state index >= 15 is 0 Å². The molecule has 13 nitrogen and oxygen atoms in total. The van der Waals surface area contributed by atoms with Crippen LogP contribution in [-0.4, -0.2) is 60.2 Å². The Kier molecular flexibility index (Phi) is 9.79. The van der Waals surface area contributed by atoms with Crippen LogP contribution in [-0.2, 0) is 4.74 Å². The van der Waals surface area contributed by atoms with Gasteiger partial charge in [0, 0.05) is 6.54 Å². The summed E-state index contributed by atoms with van der Waals surface area (Å²) in [6.07, 6.45) is 0.682. The molecule has 0 saturated carbocycles. The molecule has 194 valence electrons. The zero-order chi connectivity index (χ0) is 26.3. The molecule has 2 aromatic heterocycles. The van der Waals surface area contributed by atoms with Gasteiger partial charge in [-0.2, -0.15) is 8.78 Å². The maximum absolute atomic E-state index is 13.0. The summed E-state index contributed by atoms with van der Waals surface area (Å²) in [6, 6.07) is -0.744. The molecule has 2 aromatic rings. The first-order chi connectivity index (χ1) is 16.5. The second-order valence-corrected chi connectivity index (χ2v) is 7.76. The molecule has 0 bridgehead atoms. The molecule has 1 aliphatic rings. The Balaban J connectivity index is 0.000000247. The van der Waals surface area contributed by atoms with E-state index in [-0.39, 0.29) is 0 Å². The lowest BCUT2D eigenvalue weighted by Crippen LogP contribution is -2.40. The third-order valence-electron chi connectivity index (χ3n) is 5.10. The first-order valence-corrected chi connectivity index (χ1v) is 10.8. The normalized spacial score (nSPS) is 21.3. The summed E-state index contributed by atoms with van der Waals surface area (Å²) in [5.74, 6) is -2.34. The van der Waals surface area contributed by atoms with Crippen molar-refractivity contribution < 1.29 is 28.5 Å². The summed E-state index contributed by atoms with van der Waals surface area (Å²) < 4.78 is 32.3. The molecular weight excluding hydrogens is 476 g/mol. The standard InChI is InChI=1S/C11H16FN3O3.C9H11FN2O5/c1-2-3-4-5-6-13-10(17)15-7-8(12)9(16)14-11(15)18;1-3-5(13)6(14)8(17-3)12-2-4(10)7(15)11-9(12)16/h7H,2-6H2,1H3,(H,13,17)(H,14,16,18);2-3,5-6,8,13-14H,1H3,(H,11,15,16)/t;3-,5-,6-,8-/m.1/s1. The molecule has 0 aromatic carbocycles. The maximum Gasteiger partial charge on any atom is 0.336 e. The zero-order valence-corrected chi connectivity index (χ0v) is 19.0. The van der Waals surface area contributed by atoms with Crippen molar-refractivity contribution in [1.29, 1.82) is 0 Å². The monoisotopic (exact) mass is 503 g/mol. The first kappa shape index (κ1) is 27.8. The first-order valence-electron chi connectivity index (χ1n) is 10.8. The van der Waals surface area contributed by atoms with Gasteiger partial charge in [-0.05, 0) is 13.3 Å². The fraction of sp³-hybridized carbons (Fsp3) is 0.550. The van der Waals surface area contributed by atoms with E-state index in [0.29, 0.717) is 28.1 Å². The minimum absolute atomic E-state index is 0.409. The van der Waals surface area contributed by atoms with Crippen LogP contribution in [0.2, 0.25) is 0 Å². The number of nitrogens with zero attached hydrogens (tertiary/aromatic N) is 2. The highest BCUT2D eigenvalue weighted by atomic mass is 19.1. The van der Waals surface area contributed by atoms with Crippen LogP contribution < -0.4 is 27.8 Å². The lowest BCUT2D eigenvalue weighted by Gasteiger charge is -2.16. The Morgan fingerprint density at radius 2 is 1.60 bits per heavy atom. The number of aliphatic hydroxyl groups excluding tert-OH is 2. The molecule has 0 unspecified atom stereocenters. The van der Waals surface area contributed by atoms with E-state index in [0.717, 1.165) is 25.7 Å². The number of amides is 1. The molecule has 5 N–H and O–H groups in total. The van der Waals surface area contributed by atoms with E-state index < -0.39 is 64.7 Å². The van der Waals surface area contributed by atoms with Gasteiger partial charge in [0.05, 0.1) is 18.5 Å². The molecule has 3 rings (SSSR count). The van der Waals surface area contributed by atoms with Gasteiger partial charge in [0.15, 0.2) is 6.23 Å². The van der Waals surface area contributed by atoms with Crippen LogP contribution in [0.4, 0.5) is 13.6 Å². The van der Waals surface area contributed by atoms with Crippen molar-refractivity contribution in [1.82, 2.24) is 24.4 Å². The van der Waals surface area contributed by atoms with Crippen LogP contribution in [0.5, 0.6) is 0 Å². The Morgan fingerprint density at radius 3 is 2.17 bits per heavy atom. The van der Waals surface area contributed by atoms with Crippen LogP contribution in [0.25, 0.3) is 0 Å². The lowest BCUT2D eigenvalue weighted by atomic mass is 10.1. The highest BCUT2D eigenvalue weighted by molar-refractivity contribution is 5.76. The van der Waals surface area contributed by atoms with E-state index in [1.165, 1.54) is 6.92 Å². The summed E-state index contributed by atoms with van der Waals surface area (Å²) in [6.45, 7) is 3.98.